The molecule has 0 aliphatic carbocycles. The summed E-state index contributed by atoms with van der Waals surface area (Å²) in [4.78, 5) is 25.4. The van der Waals surface area contributed by atoms with E-state index in [0.29, 0.717) is 23.7 Å². The highest BCUT2D eigenvalue weighted by Gasteiger charge is 2.11. The Labute approximate surface area is 157 Å². The molecule has 138 valence electrons. The molecule has 26 heavy (non-hydrogen) atoms. The summed E-state index contributed by atoms with van der Waals surface area (Å²) in [6.07, 6.45) is 0.701. The van der Waals surface area contributed by atoms with Crippen molar-refractivity contribution in [3.8, 4) is 0 Å². The van der Waals surface area contributed by atoms with E-state index in [2.05, 4.69) is 10.6 Å². The van der Waals surface area contributed by atoms with E-state index in [4.69, 9.17) is 11.6 Å². The Morgan fingerprint density at radius 2 is 1.77 bits per heavy atom. The summed E-state index contributed by atoms with van der Waals surface area (Å²) in [5.74, 6) is -0.900. The molecule has 0 saturated carbocycles. The first-order valence-electron chi connectivity index (χ1n) is 8.17. The fourth-order valence-corrected chi connectivity index (χ4v) is 2.49. The van der Waals surface area contributed by atoms with Gasteiger partial charge < -0.3 is 10.6 Å². The number of amides is 2. The molecule has 7 heteroatoms. The van der Waals surface area contributed by atoms with Crippen molar-refractivity contribution in [1.29, 1.82) is 0 Å². The number of likely N-dealkylation sites (N-methyl/N-ethyl adjacent to an activating group) is 1. The molecule has 2 amide bonds. The number of hydrogen-bond acceptors (Lipinski definition) is 3. The SMILES string of the molecule is CN(CC(=O)NCCc1ccc(Cl)cc1)CC(=O)Nc1cccc(F)c1. The maximum Gasteiger partial charge on any atom is 0.238 e. The van der Waals surface area contributed by atoms with Gasteiger partial charge >= 0.3 is 0 Å². The van der Waals surface area contributed by atoms with Gasteiger partial charge in [-0.25, -0.2) is 4.39 Å². The van der Waals surface area contributed by atoms with Crippen molar-refractivity contribution in [2.24, 2.45) is 0 Å². The zero-order chi connectivity index (χ0) is 18.9. The number of nitrogens with zero attached hydrogens (tertiary/aromatic N) is 1. The van der Waals surface area contributed by atoms with E-state index in [1.165, 1.54) is 18.2 Å². The number of hydrogen-bond donors (Lipinski definition) is 2. The van der Waals surface area contributed by atoms with Gasteiger partial charge in [0.25, 0.3) is 0 Å². The van der Waals surface area contributed by atoms with E-state index >= 15 is 0 Å². The lowest BCUT2D eigenvalue weighted by molar-refractivity contribution is -0.122. The van der Waals surface area contributed by atoms with Gasteiger partial charge in [-0.1, -0.05) is 29.8 Å². The van der Waals surface area contributed by atoms with Gasteiger partial charge in [0.1, 0.15) is 5.82 Å². The molecule has 5 nitrogen and oxygen atoms in total. The molecule has 2 aromatic rings. The van der Waals surface area contributed by atoms with Gasteiger partial charge in [-0.2, -0.15) is 0 Å². The third kappa shape index (κ3) is 7.21. The van der Waals surface area contributed by atoms with Crippen molar-refractivity contribution in [2.45, 2.75) is 6.42 Å². The summed E-state index contributed by atoms with van der Waals surface area (Å²) < 4.78 is 13.1. The Kier molecular flexibility index (Phi) is 7.56. The highest BCUT2D eigenvalue weighted by Crippen LogP contribution is 2.10. The van der Waals surface area contributed by atoms with Crippen LogP contribution in [0.1, 0.15) is 5.56 Å². The van der Waals surface area contributed by atoms with Crippen molar-refractivity contribution in [3.05, 3.63) is 64.9 Å². The van der Waals surface area contributed by atoms with Crippen molar-refractivity contribution >= 4 is 29.1 Å². The fraction of sp³-hybridized carbons (Fsp3) is 0.263. The third-order valence-electron chi connectivity index (χ3n) is 3.58. The second-order valence-electron chi connectivity index (χ2n) is 5.96. The first-order valence-corrected chi connectivity index (χ1v) is 8.55. The van der Waals surface area contributed by atoms with Gasteiger partial charge in [0.15, 0.2) is 0 Å². The number of carbonyl (C=O) groups excluding carboxylic acids is 2. The molecule has 2 N–H and O–H groups in total. The van der Waals surface area contributed by atoms with Crippen LogP contribution in [0.5, 0.6) is 0 Å². The average Bonchev–Trinajstić information content (AvgIpc) is 2.56. The molecular weight excluding hydrogens is 357 g/mol. The summed E-state index contributed by atoms with van der Waals surface area (Å²) in [5.41, 5.74) is 1.47. The maximum atomic E-state index is 13.1. The van der Waals surface area contributed by atoms with E-state index in [0.717, 1.165) is 5.56 Å². The Morgan fingerprint density at radius 3 is 2.46 bits per heavy atom. The number of nitrogens with one attached hydrogen (secondary N) is 2. The quantitative estimate of drug-likeness (QED) is 0.743. The summed E-state index contributed by atoms with van der Waals surface area (Å²) in [5, 5.41) is 6.08. The van der Waals surface area contributed by atoms with Crippen LogP contribution in [0.15, 0.2) is 48.5 Å². The molecule has 0 aliphatic rings. The van der Waals surface area contributed by atoms with Gasteiger partial charge in [-0.3, -0.25) is 14.5 Å². The van der Waals surface area contributed by atoms with Crippen LogP contribution >= 0.6 is 11.6 Å². The molecule has 2 aromatic carbocycles. The van der Waals surface area contributed by atoms with Crippen molar-refractivity contribution < 1.29 is 14.0 Å². The minimum absolute atomic E-state index is 0.0289. The molecule has 0 bridgehead atoms. The topological polar surface area (TPSA) is 61.4 Å². The van der Waals surface area contributed by atoms with E-state index in [1.54, 1.807) is 18.0 Å². The molecule has 0 aromatic heterocycles. The summed E-state index contributed by atoms with van der Waals surface area (Å²) in [7, 11) is 1.67. The summed E-state index contributed by atoms with van der Waals surface area (Å²) in [6, 6.07) is 13.1. The molecule has 0 fully saturated rings. The zero-order valence-electron chi connectivity index (χ0n) is 14.5. The molecule has 0 spiro atoms. The van der Waals surface area contributed by atoms with Crippen LogP contribution in [-0.2, 0) is 16.0 Å². The second kappa shape index (κ2) is 9.89. The minimum atomic E-state index is -0.420. The molecule has 0 unspecified atom stereocenters. The molecule has 0 atom stereocenters. The van der Waals surface area contributed by atoms with Gasteiger partial charge in [0.2, 0.25) is 11.8 Å². The number of rotatable bonds is 8. The molecular formula is C19H21ClFN3O2. The number of carbonyl (C=O) groups is 2. The maximum absolute atomic E-state index is 13.1. The Hall–Kier alpha value is -2.44. The monoisotopic (exact) mass is 377 g/mol. The van der Waals surface area contributed by atoms with Gasteiger partial charge in [0, 0.05) is 17.3 Å². The normalized spacial score (nSPS) is 10.6. The number of halogens is 2. The second-order valence-corrected chi connectivity index (χ2v) is 6.39. The lowest BCUT2D eigenvalue weighted by Gasteiger charge is -2.16. The Morgan fingerprint density at radius 1 is 1.08 bits per heavy atom. The van der Waals surface area contributed by atoms with Crippen LogP contribution in [0.4, 0.5) is 10.1 Å². The highest BCUT2D eigenvalue weighted by atomic mass is 35.5. The Bertz CT molecular complexity index is 753. The van der Waals surface area contributed by atoms with Crippen LogP contribution in [0.25, 0.3) is 0 Å². The Balaban J connectivity index is 1.67. The predicted molar refractivity (Wildman–Crippen MR) is 101 cm³/mol. The molecule has 0 aliphatic heterocycles. The van der Waals surface area contributed by atoms with Crippen LogP contribution in [0, 0.1) is 5.82 Å². The van der Waals surface area contributed by atoms with E-state index < -0.39 is 5.82 Å². The van der Waals surface area contributed by atoms with Crippen LogP contribution in [0.2, 0.25) is 5.02 Å². The first kappa shape index (κ1) is 19.9. The standard InChI is InChI=1S/C19H21ClFN3O2/c1-24(13-19(26)23-17-4-2-3-16(21)11-17)12-18(25)22-10-9-14-5-7-15(20)8-6-14/h2-8,11H,9-10,12-13H2,1H3,(H,22,25)(H,23,26). The lowest BCUT2D eigenvalue weighted by Crippen LogP contribution is -2.39. The van der Waals surface area contributed by atoms with Crippen molar-refractivity contribution in [1.82, 2.24) is 10.2 Å². The van der Waals surface area contributed by atoms with Gasteiger partial charge in [0.05, 0.1) is 13.1 Å². The van der Waals surface area contributed by atoms with Crippen molar-refractivity contribution in [3.63, 3.8) is 0 Å². The fourth-order valence-electron chi connectivity index (χ4n) is 2.37. The average molecular weight is 378 g/mol. The number of anilines is 1. The predicted octanol–water partition coefficient (Wildman–Crippen LogP) is 2.71. The van der Waals surface area contributed by atoms with Gasteiger partial charge in [-0.15, -0.1) is 0 Å². The summed E-state index contributed by atoms with van der Waals surface area (Å²) in [6.45, 7) is 0.627. The molecule has 2 rings (SSSR count). The molecule has 0 saturated heterocycles. The number of benzene rings is 2. The smallest absolute Gasteiger partial charge is 0.238 e. The van der Waals surface area contributed by atoms with E-state index in [9.17, 15) is 14.0 Å². The summed E-state index contributed by atoms with van der Waals surface area (Å²) >= 11 is 5.83. The van der Waals surface area contributed by atoms with E-state index in [1.807, 2.05) is 24.3 Å². The third-order valence-corrected chi connectivity index (χ3v) is 3.84. The van der Waals surface area contributed by atoms with Crippen molar-refractivity contribution in [2.75, 3.05) is 32.0 Å². The van der Waals surface area contributed by atoms with Crippen LogP contribution < -0.4 is 10.6 Å². The van der Waals surface area contributed by atoms with Crippen LogP contribution in [-0.4, -0.2) is 43.4 Å². The van der Waals surface area contributed by atoms with Gasteiger partial charge in [-0.05, 0) is 49.4 Å². The molecule has 0 radical (unpaired) electrons. The minimum Gasteiger partial charge on any atom is -0.355 e. The lowest BCUT2D eigenvalue weighted by atomic mass is 10.1. The first-order chi connectivity index (χ1) is 12.4. The molecule has 0 heterocycles. The largest absolute Gasteiger partial charge is 0.355 e. The highest BCUT2D eigenvalue weighted by molar-refractivity contribution is 6.30. The van der Waals surface area contributed by atoms with E-state index in [-0.39, 0.29) is 24.9 Å². The van der Waals surface area contributed by atoms with Crippen LogP contribution in [0.3, 0.4) is 0 Å². The zero-order valence-corrected chi connectivity index (χ0v) is 15.2.